The van der Waals surface area contributed by atoms with Crippen LogP contribution in [0.2, 0.25) is 0 Å². The Morgan fingerprint density at radius 1 is 1.19 bits per heavy atom. The maximum atomic E-state index is 5.77. The van der Waals surface area contributed by atoms with Gasteiger partial charge in [0.05, 0.1) is 19.3 Å². The van der Waals surface area contributed by atoms with Crippen LogP contribution in [-0.2, 0) is 17.6 Å². The Balaban J connectivity index is 1.63. The van der Waals surface area contributed by atoms with E-state index in [-0.39, 0.29) is 6.04 Å². The van der Waals surface area contributed by atoms with E-state index in [9.17, 15) is 0 Å². The van der Waals surface area contributed by atoms with E-state index in [0.29, 0.717) is 6.61 Å². The third-order valence-electron chi connectivity index (χ3n) is 4.66. The lowest BCUT2D eigenvalue weighted by Crippen LogP contribution is -2.14. The Morgan fingerprint density at radius 3 is 2.93 bits per heavy atom. The number of methoxy groups -OCH3 is 1. The number of benzene rings is 2. The van der Waals surface area contributed by atoms with E-state index < -0.39 is 0 Å². The molecule has 140 valence electrons. The molecule has 1 unspecified atom stereocenters. The molecule has 1 N–H and O–H groups in total. The summed E-state index contributed by atoms with van der Waals surface area (Å²) in [5, 5.41) is 4.40. The first-order chi connectivity index (χ1) is 13.3. The van der Waals surface area contributed by atoms with Crippen LogP contribution in [0.1, 0.15) is 35.0 Å². The molecule has 0 radical (unpaired) electrons. The summed E-state index contributed by atoms with van der Waals surface area (Å²) in [5.74, 6) is 1.82. The molecule has 6 heteroatoms. The summed E-state index contributed by atoms with van der Waals surface area (Å²) in [6, 6.07) is 16.9. The summed E-state index contributed by atoms with van der Waals surface area (Å²) in [5.41, 5.74) is 3.68. The lowest BCUT2D eigenvalue weighted by atomic mass is 9.95. The molecule has 1 aliphatic heterocycles. The Hall–Kier alpha value is -2.44. The monoisotopic (exact) mass is 381 g/mol. The zero-order chi connectivity index (χ0) is 18.5. The van der Waals surface area contributed by atoms with Crippen LogP contribution in [0.5, 0.6) is 5.75 Å². The average Bonchev–Trinajstić information content (AvgIpc) is 3.18. The highest BCUT2D eigenvalue weighted by molar-refractivity contribution is 7.09. The molecular formula is C21H23N3O2S. The van der Waals surface area contributed by atoms with E-state index in [0.717, 1.165) is 42.6 Å². The minimum absolute atomic E-state index is 0.0154. The van der Waals surface area contributed by atoms with Crippen LogP contribution >= 0.6 is 11.5 Å². The number of nitrogens with zero attached hydrogens (tertiary/aromatic N) is 2. The van der Waals surface area contributed by atoms with Crippen molar-refractivity contribution in [1.29, 1.82) is 0 Å². The Labute approximate surface area is 163 Å². The first kappa shape index (κ1) is 17.9. The highest BCUT2D eigenvalue weighted by atomic mass is 32.1. The highest BCUT2D eigenvalue weighted by Crippen LogP contribution is 2.32. The largest absolute Gasteiger partial charge is 0.493 e. The fraction of sp³-hybridized carbons (Fsp3) is 0.333. The molecule has 0 aliphatic carbocycles. The van der Waals surface area contributed by atoms with Gasteiger partial charge in [0.15, 0.2) is 0 Å². The summed E-state index contributed by atoms with van der Waals surface area (Å²) < 4.78 is 15.3. The van der Waals surface area contributed by atoms with E-state index in [1.54, 1.807) is 7.11 Å². The van der Waals surface area contributed by atoms with Crippen molar-refractivity contribution in [2.75, 3.05) is 25.6 Å². The van der Waals surface area contributed by atoms with Crippen molar-refractivity contribution in [1.82, 2.24) is 9.36 Å². The number of nitrogens with one attached hydrogen (secondary N) is 1. The fourth-order valence-electron chi connectivity index (χ4n) is 3.30. The van der Waals surface area contributed by atoms with Crippen LogP contribution in [0.3, 0.4) is 0 Å². The summed E-state index contributed by atoms with van der Waals surface area (Å²) in [6.45, 7) is 1.44. The topological polar surface area (TPSA) is 56.3 Å². The third-order valence-corrected chi connectivity index (χ3v) is 5.35. The molecule has 27 heavy (non-hydrogen) atoms. The molecule has 0 fully saturated rings. The minimum Gasteiger partial charge on any atom is -0.493 e. The molecule has 1 aliphatic rings. The molecule has 0 amide bonds. The third kappa shape index (κ3) is 4.28. The Kier molecular flexibility index (Phi) is 5.65. The molecule has 0 saturated carbocycles. The van der Waals surface area contributed by atoms with Gasteiger partial charge in [-0.05, 0) is 41.7 Å². The first-order valence-corrected chi connectivity index (χ1v) is 9.99. The molecule has 0 saturated heterocycles. The van der Waals surface area contributed by atoms with Crippen LogP contribution < -0.4 is 10.1 Å². The van der Waals surface area contributed by atoms with Gasteiger partial charge in [-0.2, -0.15) is 4.37 Å². The minimum atomic E-state index is 0.0154. The van der Waals surface area contributed by atoms with Crippen molar-refractivity contribution in [2.24, 2.45) is 0 Å². The molecular weight excluding hydrogens is 358 g/mol. The van der Waals surface area contributed by atoms with Gasteiger partial charge in [-0.25, -0.2) is 4.98 Å². The van der Waals surface area contributed by atoms with E-state index >= 15 is 0 Å². The number of aromatic nitrogens is 2. The second-order valence-electron chi connectivity index (χ2n) is 6.57. The van der Waals surface area contributed by atoms with Crippen molar-refractivity contribution in [2.45, 2.75) is 25.3 Å². The molecule has 1 aromatic heterocycles. The second-order valence-corrected chi connectivity index (χ2v) is 7.32. The number of ether oxygens (including phenoxy) is 2. The van der Waals surface area contributed by atoms with Crippen molar-refractivity contribution < 1.29 is 9.47 Å². The first-order valence-electron chi connectivity index (χ1n) is 9.22. The van der Waals surface area contributed by atoms with E-state index in [2.05, 4.69) is 57.1 Å². The van der Waals surface area contributed by atoms with Crippen LogP contribution in [-0.4, -0.2) is 29.7 Å². The molecule has 4 rings (SSSR count). The Bertz CT molecular complexity index is 882. The standard InChI is InChI=1S/C21H23N3O2S/c1-25-13-11-19-22-21(27-24-19)23-20(15-6-3-2-4-7-15)17-9-10-18-16(14-17)8-5-12-26-18/h2-4,6-7,9-10,14,20H,5,8,11-13H2,1H3,(H,22,23,24). The predicted octanol–water partition coefficient (Wildman–Crippen LogP) is 4.25. The summed E-state index contributed by atoms with van der Waals surface area (Å²) in [6.07, 6.45) is 2.85. The zero-order valence-corrected chi connectivity index (χ0v) is 16.2. The molecule has 3 aromatic rings. The lowest BCUT2D eigenvalue weighted by molar-refractivity contribution is 0.201. The molecule has 0 bridgehead atoms. The van der Waals surface area contributed by atoms with Gasteiger partial charge in [0, 0.05) is 25.1 Å². The molecule has 1 atom stereocenters. The van der Waals surface area contributed by atoms with Crippen molar-refractivity contribution in [3.05, 3.63) is 71.0 Å². The van der Waals surface area contributed by atoms with Crippen LogP contribution in [0, 0.1) is 0 Å². The number of aryl methyl sites for hydroxylation is 1. The average molecular weight is 382 g/mol. The van der Waals surface area contributed by atoms with E-state index in [1.807, 2.05) is 6.07 Å². The van der Waals surface area contributed by atoms with E-state index in [4.69, 9.17) is 9.47 Å². The van der Waals surface area contributed by atoms with Gasteiger partial charge in [-0.15, -0.1) is 0 Å². The number of fused-ring (bicyclic) bond motifs is 1. The van der Waals surface area contributed by atoms with Crippen molar-refractivity contribution in [3.63, 3.8) is 0 Å². The number of anilines is 1. The van der Waals surface area contributed by atoms with Gasteiger partial charge in [0.2, 0.25) is 5.13 Å². The molecule has 2 aromatic carbocycles. The van der Waals surface area contributed by atoms with Crippen molar-refractivity contribution in [3.8, 4) is 5.75 Å². The van der Waals surface area contributed by atoms with Gasteiger partial charge in [0.25, 0.3) is 0 Å². The molecule has 0 spiro atoms. The van der Waals surface area contributed by atoms with Crippen molar-refractivity contribution >= 4 is 16.7 Å². The predicted molar refractivity (Wildman–Crippen MR) is 108 cm³/mol. The summed E-state index contributed by atoms with van der Waals surface area (Å²) in [7, 11) is 1.69. The van der Waals surface area contributed by atoms with Gasteiger partial charge >= 0.3 is 0 Å². The van der Waals surface area contributed by atoms with E-state index in [1.165, 1.54) is 28.2 Å². The van der Waals surface area contributed by atoms with Gasteiger partial charge in [-0.1, -0.05) is 36.4 Å². The summed E-state index contributed by atoms with van der Waals surface area (Å²) >= 11 is 1.39. The number of hydrogen-bond donors (Lipinski definition) is 1. The maximum absolute atomic E-state index is 5.77. The highest BCUT2D eigenvalue weighted by Gasteiger charge is 2.19. The summed E-state index contributed by atoms with van der Waals surface area (Å²) in [4.78, 5) is 4.62. The zero-order valence-electron chi connectivity index (χ0n) is 15.4. The molecule has 5 nitrogen and oxygen atoms in total. The Morgan fingerprint density at radius 2 is 2.07 bits per heavy atom. The number of rotatable bonds is 7. The quantitative estimate of drug-likeness (QED) is 0.663. The van der Waals surface area contributed by atoms with Gasteiger partial charge in [-0.3, -0.25) is 0 Å². The van der Waals surface area contributed by atoms with Gasteiger partial charge < -0.3 is 14.8 Å². The smallest absolute Gasteiger partial charge is 0.203 e. The van der Waals surface area contributed by atoms with Crippen LogP contribution in [0.4, 0.5) is 5.13 Å². The maximum Gasteiger partial charge on any atom is 0.203 e. The molecule has 2 heterocycles. The van der Waals surface area contributed by atoms with Gasteiger partial charge in [0.1, 0.15) is 11.6 Å². The number of hydrogen-bond acceptors (Lipinski definition) is 6. The normalized spacial score (nSPS) is 14.3. The second kappa shape index (κ2) is 8.50. The van der Waals surface area contributed by atoms with Crippen LogP contribution in [0.25, 0.3) is 0 Å². The van der Waals surface area contributed by atoms with Crippen LogP contribution in [0.15, 0.2) is 48.5 Å². The lowest BCUT2D eigenvalue weighted by Gasteiger charge is -2.23. The fourth-order valence-corrected chi connectivity index (χ4v) is 3.94. The SMILES string of the molecule is COCCc1nsc(NC(c2ccccc2)c2ccc3c(c2)CCCO3)n1.